The molecule has 0 spiro atoms. The van der Waals surface area contributed by atoms with E-state index in [1.54, 1.807) is 0 Å². The second-order valence-electron chi connectivity index (χ2n) is 4.94. The maximum Gasteiger partial charge on any atom is 0.0664 e. The van der Waals surface area contributed by atoms with Crippen LogP contribution in [-0.2, 0) is 0 Å². The highest BCUT2D eigenvalue weighted by Crippen LogP contribution is 2.05. The minimum atomic E-state index is -0.259. The number of hydrogen-bond acceptors (Lipinski definition) is 3. The van der Waals surface area contributed by atoms with Crippen LogP contribution in [0.4, 0.5) is 0 Å². The Morgan fingerprint density at radius 2 is 1.35 bits per heavy atom. The normalized spacial score (nSPS) is 15.2. The van der Waals surface area contributed by atoms with Crippen molar-refractivity contribution < 1.29 is 10.2 Å². The molecule has 0 saturated heterocycles. The average Bonchev–Trinajstić information content (AvgIpc) is 2.33. The summed E-state index contributed by atoms with van der Waals surface area (Å²) in [6.45, 7) is 8.58. The first kappa shape index (κ1) is 16.9. The zero-order valence-electron chi connectivity index (χ0n) is 11.9. The van der Waals surface area contributed by atoms with E-state index in [2.05, 4.69) is 11.8 Å². The van der Waals surface area contributed by atoms with Gasteiger partial charge in [-0.25, -0.2) is 0 Å². The second-order valence-corrected chi connectivity index (χ2v) is 4.94. The third kappa shape index (κ3) is 9.57. The van der Waals surface area contributed by atoms with Crippen molar-refractivity contribution in [2.24, 2.45) is 0 Å². The molecule has 104 valence electrons. The summed E-state index contributed by atoms with van der Waals surface area (Å²) in [6.07, 6.45) is 5.99. The molecule has 2 atom stereocenters. The Kier molecular flexibility index (Phi) is 10.9. The van der Waals surface area contributed by atoms with Crippen molar-refractivity contribution in [2.45, 2.75) is 71.5 Å². The zero-order chi connectivity index (χ0) is 13.1. The zero-order valence-corrected chi connectivity index (χ0v) is 11.9. The van der Waals surface area contributed by atoms with Crippen molar-refractivity contribution in [1.82, 2.24) is 4.90 Å². The van der Waals surface area contributed by atoms with Crippen molar-refractivity contribution in [3.63, 3.8) is 0 Å². The maximum absolute atomic E-state index is 9.69. The monoisotopic (exact) mass is 245 g/mol. The van der Waals surface area contributed by atoms with Gasteiger partial charge in [-0.3, -0.25) is 4.90 Å². The summed E-state index contributed by atoms with van der Waals surface area (Å²) in [4.78, 5) is 2.21. The van der Waals surface area contributed by atoms with E-state index >= 15 is 0 Å². The molecule has 0 radical (unpaired) electrons. The highest BCUT2D eigenvalue weighted by atomic mass is 16.3. The Labute approximate surface area is 107 Å². The summed E-state index contributed by atoms with van der Waals surface area (Å²) in [5, 5.41) is 19.4. The van der Waals surface area contributed by atoms with Crippen LogP contribution in [0.3, 0.4) is 0 Å². The minimum absolute atomic E-state index is 0.259. The first-order chi connectivity index (χ1) is 8.13. The number of hydrogen-bond donors (Lipinski definition) is 2. The summed E-state index contributed by atoms with van der Waals surface area (Å²) in [6, 6.07) is 0. The highest BCUT2D eigenvalue weighted by molar-refractivity contribution is 4.67. The summed E-state index contributed by atoms with van der Waals surface area (Å²) in [5.74, 6) is 0. The molecule has 0 aliphatic heterocycles. The Hall–Kier alpha value is -0.120. The lowest BCUT2D eigenvalue weighted by Crippen LogP contribution is -2.38. The Morgan fingerprint density at radius 3 is 1.76 bits per heavy atom. The molecule has 0 saturated carbocycles. The van der Waals surface area contributed by atoms with E-state index in [9.17, 15) is 10.2 Å². The smallest absolute Gasteiger partial charge is 0.0664 e. The second kappa shape index (κ2) is 11.0. The predicted octanol–water partition coefficient (Wildman–Crippen LogP) is 2.41. The van der Waals surface area contributed by atoms with Gasteiger partial charge in [0.1, 0.15) is 0 Å². The van der Waals surface area contributed by atoms with E-state index in [0.29, 0.717) is 13.1 Å². The lowest BCUT2D eigenvalue weighted by Gasteiger charge is -2.26. The molecule has 0 fully saturated rings. The largest absolute Gasteiger partial charge is 0.392 e. The lowest BCUT2D eigenvalue weighted by molar-refractivity contribution is 0.0654. The van der Waals surface area contributed by atoms with Crippen molar-refractivity contribution in [2.75, 3.05) is 19.6 Å². The van der Waals surface area contributed by atoms with E-state index in [0.717, 1.165) is 19.4 Å². The fourth-order valence-electron chi connectivity index (χ4n) is 1.87. The third-order valence-corrected chi connectivity index (χ3v) is 3.21. The van der Waals surface area contributed by atoms with Crippen LogP contribution in [0.1, 0.15) is 59.3 Å². The summed E-state index contributed by atoms with van der Waals surface area (Å²) in [5.41, 5.74) is 0. The van der Waals surface area contributed by atoms with Gasteiger partial charge in [0.25, 0.3) is 0 Å². The van der Waals surface area contributed by atoms with Crippen LogP contribution >= 0.6 is 0 Å². The van der Waals surface area contributed by atoms with Crippen LogP contribution in [-0.4, -0.2) is 47.0 Å². The summed E-state index contributed by atoms with van der Waals surface area (Å²) < 4.78 is 0. The van der Waals surface area contributed by atoms with Gasteiger partial charge in [0, 0.05) is 13.1 Å². The first-order valence-electron chi connectivity index (χ1n) is 7.22. The van der Waals surface area contributed by atoms with E-state index in [4.69, 9.17) is 0 Å². The summed E-state index contributed by atoms with van der Waals surface area (Å²) >= 11 is 0. The Morgan fingerprint density at radius 1 is 0.824 bits per heavy atom. The van der Waals surface area contributed by atoms with Gasteiger partial charge < -0.3 is 10.2 Å². The molecule has 3 heteroatoms. The molecule has 2 N–H and O–H groups in total. The molecule has 2 unspecified atom stereocenters. The van der Waals surface area contributed by atoms with Crippen molar-refractivity contribution in [1.29, 1.82) is 0 Å². The molecule has 17 heavy (non-hydrogen) atoms. The lowest BCUT2D eigenvalue weighted by atomic mass is 10.1. The van der Waals surface area contributed by atoms with Crippen LogP contribution in [0.5, 0.6) is 0 Å². The van der Waals surface area contributed by atoms with Gasteiger partial charge in [0.05, 0.1) is 12.2 Å². The van der Waals surface area contributed by atoms with Gasteiger partial charge >= 0.3 is 0 Å². The molecule has 0 bridgehead atoms. The Balaban J connectivity index is 3.92. The molecule has 0 aromatic rings. The van der Waals surface area contributed by atoms with Crippen LogP contribution in [0, 0.1) is 0 Å². The predicted molar refractivity (Wildman–Crippen MR) is 73.2 cm³/mol. The first-order valence-corrected chi connectivity index (χ1v) is 7.22. The van der Waals surface area contributed by atoms with Gasteiger partial charge in [-0.1, -0.05) is 40.0 Å². The van der Waals surface area contributed by atoms with E-state index < -0.39 is 0 Å². The van der Waals surface area contributed by atoms with Crippen LogP contribution in [0.25, 0.3) is 0 Å². The molecule has 0 aromatic carbocycles. The van der Waals surface area contributed by atoms with Gasteiger partial charge in [-0.2, -0.15) is 0 Å². The van der Waals surface area contributed by atoms with Crippen molar-refractivity contribution in [3.05, 3.63) is 0 Å². The number of nitrogens with zero attached hydrogens (tertiary/aromatic N) is 1. The van der Waals surface area contributed by atoms with Crippen LogP contribution < -0.4 is 0 Å². The summed E-state index contributed by atoms with van der Waals surface area (Å²) in [7, 11) is 0. The molecule has 0 rings (SSSR count). The molecule has 3 nitrogen and oxygen atoms in total. The standard InChI is InChI=1S/C14H31NO2/c1-4-7-8-9-10-15(11-13(16)5-2)12-14(17)6-3/h13-14,16-17H,4-12H2,1-3H3. The van der Waals surface area contributed by atoms with Gasteiger partial charge in [-0.15, -0.1) is 0 Å². The molecular formula is C14H31NO2. The molecule has 0 amide bonds. The van der Waals surface area contributed by atoms with Crippen LogP contribution in [0.15, 0.2) is 0 Å². The molecular weight excluding hydrogens is 214 g/mol. The molecule has 0 aliphatic carbocycles. The molecule has 0 aliphatic rings. The highest BCUT2D eigenvalue weighted by Gasteiger charge is 2.13. The quantitative estimate of drug-likeness (QED) is 0.549. The fourth-order valence-corrected chi connectivity index (χ4v) is 1.87. The number of unbranched alkanes of at least 4 members (excludes halogenated alkanes) is 3. The van der Waals surface area contributed by atoms with Gasteiger partial charge in [0.2, 0.25) is 0 Å². The fraction of sp³-hybridized carbons (Fsp3) is 1.00. The van der Waals surface area contributed by atoms with Gasteiger partial charge in [0.15, 0.2) is 0 Å². The average molecular weight is 245 g/mol. The minimum Gasteiger partial charge on any atom is -0.392 e. The molecule has 0 heterocycles. The van der Waals surface area contributed by atoms with Crippen molar-refractivity contribution in [3.8, 4) is 0 Å². The number of rotatable bonds is 11. The van der Waals surface area contributed by atoms with E-state index in [-0.39, 0.29) is 12.2 Å². The van der Waals surface area contributed by atoms with Crippen molar-refractivity contribution >= 4 is 0 Å². The number of aliphatic hydroxyl groups excluding tert-OH is 2. The molecule has 0 aromatic heterocycles. The third-order valence-electron chi connectivity index (χ3n) is 3.21. The van der Waals surface area contributed by atoms with E-state index in [1.165, 1.54) is 25.7 Å². The van der Waals surface area contributed by atoms with Gasteiger partial charge in [-0.05, 0) is 25.8 Å². The van der Waals surface area contributed by atoms with Crippen LogP contribution in [0.2, 0.25) is 0 Å². The maximum atomic E-state index is 9.69. The SMILES string of the molecule is CCCCCCN(CC(O)CC)CC(O)CC. The van der Waals surface area contributed by atoms with E-state index in [1.807, 2.05) is 13.8 Å². The Bertz CT molecular complexity index is 152. The number of aliphatic hydroxyl groups is 2. The topological polar surface area (TPSA) is 43.7 Å².